The standard InChI is InChI=1S/C27H28F3N3O3S/c1-17(2)36-22-9-5-20(6-10-22)26(35)33-13-11-19(12-14-33)25-32-23(16-37-25)24(34)31-15-18-3-7-21(8-4-18)27(28,29)30/h3-10,16-17,19H,11-15H2,1-2H3,(H,31,34). The first-order valence-electron chi connectivity index (χ1n) is 12.1. The first-order valence-corrected chi connectivity index (χ1v) is 12.9. The average molecular weight is 532 g/mol. The molecule has 0 bridgehead atoms. The quantitative estimate of drug-likeness (QED) is 0.412. The zero-order chi connectivity index (χ0) is 26.6. The highest BCUT2D eigenvalue weighted by Gasteiger charge is 2.30. The number of nitrogens with one attached hydrogen (secondary N) is 1. The van der Waals surface area contributed by atoms with Crippen LogP contribution in [0, 0.1) is 0 Å². The summed E-state index contributed by atoms with van der Waals surface area (Å²) in [6.45, 7) is 5.20. The molecule has 0 radical (unpaired) electrons. The largest absolute Gasteiger partial charge is 0.491 e. The molecule has 0 atom stereocenters. The van der Waals surface area contributed by atoms with Crippen LogP contribution in [-0.4, -0.2) is 40.9 Å². The summed E-state index contributed by atoms with van der Waals surface area (Å²) < 4.78 is 43.7. The number of ether oxygens (including phenoxy) is 1. The summed E-state index contributed by atoms with van der Waals surface area (Å²) in [5.41, 5.74) is 0.745. The Bertz CT molecular complexity index is 1220. The first kappa shape index (κ1) is 26.7. The van der Waals surface area contributed by atoms with Crippen LogP contribution in [0.5, 0.6) is 5.75 Å². The van der Waals surface area contributed by atoms with E-state index in [4.69, 9.17) is 4.74 Å². The van der Waals surface area contributed by atoms with Gasteiger partial charge >= 0.3 is 6.18 Å². The third kappa shape index (κ3) is 6.88. The Balaban J connectivity index is 1.27. The van der Waals surface area contributed by atoms with Gasteiger partial charge in [-0.2, -0.15) is 13.2 Å². The van der Waals surface area contributed by atoms with Crippen LogP contribution in [0.3, 0.4) is 0 Å². The van der Waals surface area contributed by atoms with E-state index < -0.39 is 11.7 Å². The van der Waals surface area contributed by atoms with Crippen molar-refractivity contribution in [3.8, 4) is 5.75 Å². The number of nitrogens with zero attached hydrogens (tertiary/aromatic N) is 2. The van der Waals surface area contributed by atoms with Gasteiger partial charge < -0.3 is 15.0 Å². The predicted molar refractivity (Wildman–Crippen MR) is 135 cm³/mol. The fourth-order valence-corrected chi connectivity index (χ4v) is 5.10. The zero-order valence-corrected chi connectivity index (χ0v) is 21.4. The van der Waals surface area contributed by atoms with Gasteiger partial charge in [0.15, 0.2) is 0 Å². The molecular formula is C27H28F3N3O3S. The van der Waals surface area contributed by atoms with Gasteiger partial charge in [-0.05, 0) is 68.7 Å². The van der Waals surface area contributed by atoms with Crippen LogP contribution in [-0.2, 0) is 12.7 Å². The summed E-state index contributed by atoms with van der Waals surface area (Å²) in [5.74, 6) is 0.498. The molecule has 6 nitrogen and oxygen atoms in total. The van der Waals surface area contributed by atoms with Gasteiger partial charge in [-0.3, -0.25) is 9.59 Å². The Hall–Kier alpha value is -3.40. The van der Waals surface area contributed by atoms with E-state index >= 15 is 0 Å². The SMILES string of the molecule is CC(C)Oc1ccc(C(=O)N2CCC(c3nc(C(=O)NCc4ccc(C(F)(F)F)cc4)cs3)CC2)cc1. The van der Waals surface area contributed by atoms with E-state index in [1.807, 2.05) is 18.7 Å². The minimum absolute atomic E-state index is 0.0166. The molecule has 37 heavy (non-hydrogen) atoms. The van der Waals surface area contributed by atoms with E-state index in [1.54, 1.807) is 29.6 Å². The maximum atomic E-state index is 12.9. The number of carbonyl (C=O) groups is 2. The molecule has 0 saturated carbocycles. The van der Waals surface area contributed by atoms with Gasteiger partial charge in [-0.15, -0.1) is 11.3 Å². The average Bonchev–Trinajstić information content (AvgIpc) is 3.37. The maximum Gasteiger partial charge on any atom is 0.416 e. The minimum Gasteiger partial charge on any atom is -0.491 e. The van der Waals surface area contributed by atoms with E-state index in [9.17, 15) is 22.8 Å². The number of hydrogen-bond donors (Lipinski definition) is 1. The zero-order valence-electron chi connectivity index (χ0n) is 20.5. The molecule has 1 N–H and O–H groups in total. The van der Waals surface area contributed by atoms with Crippen molar-refractivity contribution in [2.45, 2.75) is 51.4 Å². The summed E-state index contributed by atoms with van der Waals surface area (Å²) in [6.07, 6.45) is -2.82. The summed E-state index contributed by atoms with van der Waals surface area (Å²) >= 11 is 1.41. The molecule has 10 heteroatoms. The maximum absolute atomic E-state index is 12.9. The van der Waals surface area contributed by atoms with Gasteiger partial charge in [0.25, 0.3) is 11.8 Å². The van der Waals surface area contributed by atoms with Crippen LogP contribution < -0.4 is 10.1 Å². The fraction of sp³-hybridized carbons (Fsp3) is 0.370. The summed E-state index contributed by atoms with van der Waals surface area (Å²) in [5, 5.41) is 5.25. The number of likely N-dealkylation sites (tertiary alicyclic amines) is 1. The van der Waals surface area contributed by atoms with Crippen LogP contribution in [0.15, 0.2) is 53.9 Å². The number of halogens is 3. The van der Waals surface area contributed by atoms with Gasteiger partial charge in [0, 0.05) is 36.5 Å². The third-order valence-corrected chi connectivity index (χ3v) is 7.10. The lowest BCUT2D eigenvalue weighted by Gasteiger charge is -2.31. The molecular weight excluding hydrogens is 503 g/mol. The smallest absolute Gasteiger partial charge is 0.416 e. The number of aromatic nitrogens is 1. The van der Waals surface area contributed by atoms with Crippen molar-refractivity contribution < 1.29 is 27.5 Å². The second-order valence-corrected chi connectivity index (χ2v) is 10.1. The minimum atomic E-state index is -4.39. The Morgan fingerprint density at radius 3 is 2.32 bits per heavy atom. The monoisotopic (exact) mass is 531 g/mol. The van der Waals surface area contributed by atoms with Crippen LogP contribution >= 0.6 is 11.3 Å². The lowest BCUT2D eigenvalue weighted by atomic mass is 9.97. The Morgan fingerprint density at radius 2 is 1.73 bits per heavy atom. The van der Waals surface area contributed by atoms with Gasteiger partial charge in [-0.1, -0.05) is 12.1 Å². The number of rotatable bonds is 7. The molecule has 1 aliphatic rings. The molecule has 1 aliphatic heterocycles. The Morgan fingerprint density at radius 1 is 1.08 bits per heavy atom. The van der Waals surface area contributed by atoms with Crippen molar-refractivity contribution in [3.63, 3.8) is 0 Å². The van der Waals surface area contributed by atoms with Crippen LogP contribution in [0.25, 0.3) is 0 Å². The second kappa shape index (κ2) is 11.3. The highest BCUT2D eigenvalue weighted by atomic mass is 32.1. The second-order valence-electron chi connectivity index (χ2n) is 9.21. The van der Waals surface area contributed by atoms with Gasteiger partial charge in [0.2, 0.25) is 0 Å². The number of carbonyl (C=O) groups excluding carboxylic acids is 2. The molecule has 0 spiro atoms. The van der Waals surface area contributed by atoms with Crippen molar-refractivity contribution in [2.75, 3.05) is 13.1 Å². The number of benzene rings is 2. The van der Waals surface area contributed by atoms with Crippen LogP contribution in [0.2, 0.25) is 0 Å². The van der Waals surface area contributed by atoms with Gasteiger partial charge in [0.05, 0.1) is 16.7 Å². The number of amides is 2. The lowest BCUT2D eigenvalue weighted by Crippen LogP contribution is -2.37. The molecule has 3 aromatic rings. The molecule has 1 aromatic heterocycles. The van der Waals surface area contributed by atoms with E-state index in [0.717, 1.165) is 35.7 Å². The predicted octanol–water partition coefficient (Wildman–Crippen LogP) is 5.90. The number of piperidine rings is 1. The number of alkyl halides is 3. The number of hydrogen-bond acceptors (Lipinski definition) is 5. The van der Waals surface area contributed by atoms with Gasteiger partial charge in [-0.25, -0.2) is 4.98 Å². The van der Waals surface area contributed by atoms with Crippen molar-refractivity contribution in [1.29, 1.82) is 0 Å². The van der Waals surface area contributed by atoms with Crippen LogP contribution in [0.1, 0.15) is 69.6 Å². The Labute approximate surface area is 217 Å². The van der Waals surface area contributed by atoms with Crippen molar-refractivity contribution in [2.24, 2.45) is 0 Å². The molecule has 4 rings (SSSR count). The summed E-state index contributed by atoms with van der Waals surface area (Å²) in [4.78, 5) is 31.7. The third-order valence-electron chi connectivity index (χ3n) is 6.09. The Kier molecular flexibility index (Phi) is 8.16. The van der Waals surface area contributed by atoms with E-state index in [2.05, 4.69) is 10.3 Å². The summed E-state index contributed by atoms with van der Waals surface area (Å²) in [7, 11) is 0. The normalized spacial score (nSPS) is 14.6. The van der Waals surface area contributed by atoms with E-state index in [1.165, 1.54) is 23.5 Å². The van der Waals surface area contributed by atoms with E-state index in [-0.39, 0.29) is 36.1 Å². The molecule has 1 saturated heterocycles. The summed E-state index contributed by atoms with van der Waals surface area (Å²) in [6, 6.07) is 11.9. The first-order chi connectivity index (χ1) is 17.6. The lowest BCUT2D eigenvalue weighted by molar-refractivity contribution is -0.137. The van der Waals surface area contributed by atoms with Crippen molar-refractivity contribution >= 4 is 23.2 Å². The molecule has 196 valence electrons. The molecule has 1 fully saturated rings. The molecule has 2 amide bonds. The molecule has 0 unspecified atom stereocenters. The molecule has 2 aromatic carbocycles. The van der Waals surface area contributed by atoms with E-state index in [0.29, 0.717) is 24.2 Å². The van der Waals surface area contributed by atoms with Gasteiger partial charge in [0.1, 0.15) is 11.4 Å². The topological polar surface area (TPSA) is 71.5 Å². The van der Waals surface area contributed by atoms with Crippen molar-refractivity contribution in [1.82, 2.24) is 15.2 Å². The van der Waals surface area contributed by atoms with Crippen LogP contribution in [0.4, 0.5) is 13.2 Å². The van der Waals surface area contributed by atoms with Crippen molar-refractivity contribution in [3.05, 3.63) is 81.3 Å². The highest BCUT2D eigenvalue weighted by Crippen LogP contribution is 2.31. The fourth-order valence-electron chi connectivity index (χ4n) is 4.12. The highest BCUT2D eigenvalue weighted by molar-refractivity contribution is 7.09. The number of thiazole rings is 1. The molecule has 2 heterocycles. The molecule has 0 aliphatic carbocycles.